The summed E-state index contributed by atoms with van der Waals surface area (Å²) in [5.41, 5.74) is 1.20. The molecule has 0 aliphatic carbocycles. The van der Waals surface area contributed by atoms with Gasteiger partial charge in [-0.3, -0.25) is 0 Å². The molecular weight excluding hydrogens is 330 g/mol. The van der Waals surface area contributed by atoms with E-state index in [1.54, 1.807) is 11.8 Å². The van der Waals surface area contributed by atoms with Gasteiger partial charge in [-0.2, -0.15) is 0 Å². The molecule has 23 heavy (non-hydrogen) atoms. The average Bonchev–Trinajstić information content (AvgIpc) is 2.93. The summed E-state index contributed by atoms with van der Waals surface area (Å²) < 4.78 is 7.68. The number of hydrogen-bond donors (Lipinski definition) is 0. The van der Waals surface area contributed by atoms with E-state index < -0.39 is 0 Å². The predicted molar refractivity (Wildman–Crippen MR) is 92.8 cm³/mol. The molecule has 0 bridgehead atoms. The second-order valence-electron chi connectivity index (χ2n) is 4.97. The van der Waals surface area contributed by atoms with E-state index in [1.807, 2.05) is 66.2 Å². The maximum atomic E-state index is 5.90. The summed E-state index contributed by atoms with van der Waals surface area (Å²) in [6.07, 6.45) is 0. The van der Waals surface area contributed by atoms with Crippen molar-refractivity contribution in [2.75, 3.05) is 0 Å². The van der Waals surface area contributed by atoms with Crippen LogP contribution in [0.15, 0.2) is 59.8 Å². The average molecular weight is 346 g/mol. The second-order valence-corrected chi connectivity index (χ2v) is 6.35. The molecular formula is C17H16ClN3OS. The number of nitrogens with zero attached hydrogens (tertiary/aromatic N) is 3. The van der Waals surface area contributed by atoms with Gasteiger partial charge in [-0.05, 0) is 29.8 Å². The Morgan fingerprint density at radius 2 is 1.78 bits per heavy atom. The van der Waals surface area contributed by atoms with Crippen LogP contribution in [-0.2, 0) is 19.4 Å². The Morgan fingerprint density at radius 3 is 2.52 bits per heavy atom. The van der Waals surface area contributed by atoms with Gasteiger partial charge in [-0.1, -0.05) is 53.7 Å². The second kappa shape index (κ2) is 7.53. The highest BCUT2D eigenvalue weighted by Gasteiger charge is 2.10. The van der Waals surface area contributed by atoms with Crippen LogP contribution in [0.1, 0.15) is 11.4 Å². The normalized spacial score (nSPS) is 10.7. The van der Waals surface area contributed by atoms with E-state index in [0.717, 1.165) is 27.5 Å². The van der Waals surface area contributed by atoms with Gasteiger partial charge >= 0.3 is 0 Å². The molecule has 4 nitrogen and oxygen atoms in total. The SMILES string of the molecule is Cn1c(COc2ccccc2)nnc1SCc1ccc(Cl)cc1. The van der Waals surface area contributed by atoms with E-state index in [9.17, 15) is 0 Å². The van der Waals surface area contributed by atoms with Crippen molar-refractivity contribution in [2.45, 2.75) is 17.5 Å². The van der Waals surface area contributed by atoms with Gasteiger partial charge in [-0.15, -0.1) is 10.2 Å². The fraction of sp³-hybridized carbons (Fsp3) is 0.176. The lowest BCUT2D eigenvalue weighted by Gasteiger charge is -2.06. The minimum atomic E-state index is 0.398. The number of aromatic nitrogens is 3. The minimum absolute atomic E-state index is 0.398. The Hall–Kier alpha value is -1.98. The van der Waals surface area contributed by atoms with Crippen LogP contribution in [0, 0.1) is 0 Å². The van der Waals surface area contributed by atoms with Crippen molar-refractivity contribution >= 4 is 23.4 Å². The van der Waals surface area contributed by atoms with Crippen LogP contribution < -0.4 is 4.74 Å². The first kappa shape index (κ1) is 15.9. The van der Waals surface area contributed by atoms with Crippen molar-refractivity contribution in [2.24, 2.45) is 7.05 Å². The molecule has 0 aliphatic heterocycles. The summed E-state index contributed by atoms with van der Waals surface area (Å²) in [4.78, 5) is 0. The lowest BCUT2D eigenvalue weighted by Crippen LogP contribution is -2.04. The number of para-hydroxylation sites is 1. The van der Waals surface area contributed by atoms with Gasteiger partial charge in [0.2, 0.25) is 0 Å². The molecule has 3 rings (SSSR count). The molecule has 0 fully saturated rings. The number of thioether (sulfide) groups is 1. The number of benzene rings is 2. The van der Waals surface area contributed by atoms with E-state index >= 15 is 0 Å². The van der Waals surface area contributed by atoms with Crippen LogP contribution >= 0.6 is 23.4 Å². The van der Waals surface area contributed by atoms with Gasteiger partial charge in [0.15, 0.2) is 11.0 Å². The fourth-order valence-corrected chi connectivity index (χ4v) is 3.00. The van der Waals surface area contributed by atoms with Crippen molar-refractivity contribution in [1.82, 2.24) is 14.8 Å². The molecule has 0 atom stereocenters. The van der Waals surface area contributed by atoms with Crippen molar-refractivity contribution in [3.8, 4) is 5.75 Å². The van der Waals surface area contributed by atoms with E-state index in [-0.39, 0.29) is 0 Å². The summed E-state index contributed by atoms with van der Waals surface area (Å²) in [5, 5.41) is 10.0. The fourth-order valence-electron chi connectivity index (χ4n) is 1.99. The highest BCUT2D eigenvalue weighted by Crippen LogP contribution is 2.22. The Labute approximate surface area is 144 Å². The monoisotopic (exact) mass is 345 g/mol. The Kier molecular flexibility index (Phi) is 5.20. The molecule has 0 saturated carbocycles. The summed E-state index contributed by atoms with van der Waals surface area (Å²) in [6, 6.07) is 17.5. The largest absolute Gasteiger partial charge is 0.486 e. The van der Waals surface area contributed by atoms with Crippen LogP contribution in [0.25, 0.3) is 0 Å². The van der Waals surface area contributed by atoms with Crippen LogP contribution in [0.5, 0.6) is 5.75 Å². The standard InChI is InChI=1S/C17H16ClN3OS/c1-21-16(11-22-15-5-3-2-4-6-15)19-20-17(21)23-12-13-7-9-14(18)10-8-13/h2-10H,11-12H2,1H3. The van der Waals surface area contributed by atoms with Crippen molar-refractivity contribution in [3.63, 3.8) is 0 Å². The molecule has 6 heteroatoms. The molecule has 0 aliphatic rings. The highest BCUT2D eigenvalue weighted by molar-refractivity contribution is 7.98. The van der Waals surface area contributed by atoms with E-state index in [2.05, 4.69) is 10.2 Å². The van der Waals surface area contributed by atoms with Gasteiger partial charge in [-0.25, -0.2) is 0 Å². The van der Waals surface area contributed by atoms with Crippen LogP contribution in [-0.4, -0.2) is 14.8 Å². The Balaban J connectivity index is 1.59. The van der Waals surface area contributed by atoms with Gasteiger partial charge < -0.3 is 9.30 Å². The molecule has 118 valence electrons. The lowest BCUT2D eigenvalue weighted by molar-refractivity contribution is 0.290. The zero-order valence-corrected chi connectivity index (χ0v) is 14.2. The molecule has 1 heterocycles. The highest BCUT2D eigenvalue weighted by atomic mass is 35.5. The van der Waals surface area contributed by atoms with E-state index in [1.165, 1.54) is 5.56 Å². The summed E-state index contributed by atoms with van der Waals surface area (Å²) >= 11 is 7.53. The lowest BCUT2D eigenvalue weighted by atomic mass is 10.2. The van der Waals surface area contributed by atoms with Crippen molar-refractivity contribution in [1.29, 1.82) is 0 Å². The third-order valence-electron chi connectivity index (χ3n) is 3.32. The van der Waals surface area contributed by atoms with Crippen molar-refractivity contribution in [3.05, 3.63) is 71.0 Å². The molecule has 2 aromatic carbocycles. The number of halogens is 1. The first-order valence-corrected chi connectivity index (χ1v) is 8.52. The molecule has 0 N–H and O–H groups in total. The predicted octanol–water partition coefficient (Wildman–Crippen LogP) is 4.34. The quantitative estimate of drug-likeness (QED) is 0.623. The third-order valence-corrected chi connectivity index (χ3v) is 4.66. The third kappa shape index (κ3) is 4.27. The van der Waals surface area contributed by atoms with Gasteiger partial charge in [0.05, 0.1) is 0 Å². The molecule has 0 unspecified atom stereocenters. The van der Waals surface area contributed by atoms with E-state index in [4.69, 9.17) is 16.3 Å². The van der Waals surface area contributed by atoms with Crippen LogP contribution in [0.4, 0.5) is 0 Å². The first-order chi connectivity index (χ1) is 11.2. The molecule has 0 radical (unpaired) electrons. The summed E-state index contributed by atoms with van der Waals surface area (Å²) in [6.45, 7) is 0.398. The molecule has 0 saturated heterocycles. The van der Waals surface area contributed by atoms with E-state index in [0.29, 0.717) is 6.61 Å². The Morgan fingerprint density at radius 1 is 1.04 bits per heavy atom. The zero-order chi connectivity index (χ0) is 16.1. The van der Waals surface area contributed by atoms with Crippen LogP contribution in [0.2, 0.25) is 5.02 Å². The zero-order valence-electron chi connectivity index (χ0n) is 12.6. The Bertz CT molecular complexity index is 759. The smallest absolute Gasteiger partial charge is 0.191 e. The van der Waals surface area contributed by atoms with Gasteiger partial charge in [0.25, 0.3) is 0 Å². The number of rotatable bonds is 6. The molecule has 3 aromatic rings. The summed E-state index contributed by atoms with van der Waals surface area (Å²) in [5.74, 6) is 2.45. The van der Waals surface area contributed by atoms with Crippen molar-refractivity contribution < 1.29 is 4.74 Å². The minimum Gasteiger partial charge on any atom is -0.486 e. The number of ether oxygens (including phenoxy) is 1. The van der Waals surface area contributed by atoms with Crippen LogP contribution in [0.3, 0.4) is 0 Å². The topological polar surface area (TPSA) is 39.9 Å². The van der Waals surface area contributed by atoms with Gasteiger partial charge in [0.1, 0.15) is 12.4 Å². The molecule has 1 aromatic heterocycles. The van der Waals surface area contributed by atoms with Gasteiger partial charge in [0, 0.05) is 17.8 Å². The maximum absolute atomic E-state index is 5.90. The molecule has 0 amide bonds. The number of hydrogen-bond acceptors (Lipinski definition) is 4. The summed E-state index contributed by atoms with van der Waals surface area (Å²) in [7, 11) is 1.95. The first-order valence-electron chi connectivity index (χ1n) is 7.16. The maximum Gasteiger partial charge on any atom is 0.191 e. The molecule has 0 spiro atoms.